The van der Waals surface area contributed by atoms with Gasteiger partial charge in [-0.3, -0.25) is 0 Å². The average Bonchev–Trinajstić information content (AvgIpc) is 2.44. The van der Waals surface area contributed by atoms with E-state index in [1.807, 2.05) is 12.1 Å². The van der Waals surface area contributed by atoms with E-state index in [9.17, 15) is 9.59 Å². The van der Waals surface area contributed by atoms with Gasteiger partial charge in [-0.25, -0.2) is 9.59 Å². The van der Waals surface area contributed by atoms with Crippen molar-refractivity contribution in [1.82, 2.24) is 10.6 Å². The highest BCUT2D eigenvalue weighted by Gasteiger charge is 2.25. The number of carbonyl (C=O) groups excluding carboxylic acids is 1. The molecule has 0 heterocycles. The molecule has 0 saturated carbocycles. The minimum absolute atomic E-state index is 0.0570. The van der Waals surface area contributed by atoms with Crippen LogP contribution in [0.5, 0.6) is 0 Å². The Bertz CT molecular complexity index is 528. The van der Waals surface area contributed by atoms with Crippen molar-refractivity contribution in [3.8, 4) is 0 Å². The molecule has 1 unspecified atom stereocenters. The summed E-state index contributed by atoms with van der Waals surface area (Å²) in [7, 11) is 0. The molecule has 5 nitrogen and oxygen atoms in total. The van der Waals surface area contributed by atoms with Crippen LogP contribution in [-0.2, 0) is 17.6 Å². The molecule has 2 amide bonds. The molecule has 21 heavy (non-hydrogen) atoms. The smallest absolute Gasteiger partial charge is 0.326 e. The van der Waals surface area contributed by atoms with Gasteiger partial charge in [0.05, 0.1) is 0 Å². The zero-order chi connectivity index (χ0) is 15.4. The molecule has 0 fully saturated rings. The van der Waals surface area contributed by atoms with Crippen LogP contribution >= 0.6 is 0 Å². The number of amides is 2. The summed E-state index contributed by atoms with van der Waals surface area (Å²) in [5.41, 5.74) is 2.59. The second-order valence-corrected chi connectivity index (χ2v) is 5.89. The summed E-state index contributed by atoms with van der Waals surface area (Å²) in [6, 6.07) is 7.02. The zero-order valence-electron chi connectivity index (χ0n) is 12.4. The lowest BCUT2D eigenvalue weighted by molar-refractivity contribution is -0.140. The minimum atomic E-state index is -1.01. The Morgan fingerprint density at radius 1 is 1.24 bits per heavy atom. The average molecular weight is 290 g/mol. The fourth-order valence-electron chi connectivity index (χ4n) is 2.70. The van der Waals surface area contributed by atoms with E-state index in [1.54, 1.807) is 13.8 Å². The Morgan fingerprint density at radius 3 is 2.52 bits per heavy atom. The number of urea groups is 1. The summed E-state index contributed by atoms with van der Waals surface area (Å²) < 4.78 is 0. The van der Waals surface area contributed by atoms with Crippen LogP contribution in [0.1, 0.15) is 31.4 Å². The van der Waals surface area contributed by atoms with Crippen molar-refractivity contribution in [3.63, 3.8) is 0 Å². The molecule has 2 atom stereocenters. The van der Waals surface area contributed by atoms with Crippen LogP contribution < -0.4 is 10.6 Å². The molecule has 114 valence electrons. The largest absolute Gasteiger partial charge is 0.480 e. The number of carbonyl (C=O) groups is 2. The van der Waals surface area contributed by atoms with Gasteiger partial charge in [0.25, 0.3) is 0 Å². The van der Waals surface area contributed by atoms with Crippen molar-refractivity contribution < 1.29 is 14.7 Å². The Hall–Kier alpha value is -2.04. The fraction of sp³-hybridized carbons (Fsp3) is 0.500. The highest BCUT2D eigenvalue weighted by molar-refractivity contribution is 5.82. The monoisotopic (exact) mass is 290 g/mol. The minimum Gasteiger partial charge on any atom is -0.480 e. The quantitative estimate of drug-likeness (QED) is 0.793. The zero-order valence-corrected chi connectivity index (χ0v) is 12.4. The Balaban J connectivity index is 1.91. The SMILES string of the molecule is CC(C)[C@H](NC(=O)NC1CCc2ccccc2C1)C(=O)O. The Kier molecular flexibility index (Phi) is 4.83. The molecular formula is C16H22N2O3. The van der Waals surface area contributed by atoms with Crippen LogP contribution in [0, 0.1) is 5.92 Å². The van der Waals surface area contributed by atoms with E-state index in [-0.39, 0.29) is 12.0 Å². The van der Waals surface area contributed by atoms with Gasteiger partial charge in [0, 0.05) is 6.04 Å². The Morgan fingerprint density at radius 2 is 1.90 bits per heavy atom. The number of aryl methyl sites for hydroxylation is 1. The summed E-state index contributed by atoms with van der Waals surface area (Å²) >= 11 is 0. The first-order valence-corrected chi connectivity index (χ1v) is 7.34. The number of hydrogen-bond acceptors (Lipinski definition) is 2. The molecule has 0 saturated heterocycles. The van der Waals surface area contributed by atoms with E-state index >= 15 is 0 Å². The van der Waals surface area contributed by atoms with Gasteiger partial charge >= 0.3 is 12.0 Å². The van der Waals surface area contributed by atoms with Crippen molar-refractivity contribution in [2.45, 2.75) is 45.2 Å². The molecule has 0 bridgehead atoms. The molecular weight excluding hydrogens is 268 g/mol. The van der Waals surface area contributed by atoms with Crippen molar-refractivity contribution in [3.05, 3.63) is 35.4 Å². The number of nitrogens with one attached hydrogen (secondary N) is 2. The number of aliphatic carboxylic acids is 1. The van der Waals surface area contributed by atoms with E-state index in [0.29, 0.717) is 0 Å². The van der Waals surface area contributed by atoms with E-state index in [1.165, 1.54) is 11.1 Å². The molecule has 1 aliphatic carbocycles. The third kappa shape index (κ3) is 3.97. The molecule has 0 radical (unpaired) electrons. The highest BCUT2D eigenvalue weighted by Crippen LogP contribution is 2.20. The van der Waals surface area contributed by atoms with Crippen molar-refractivity contribution >= 4 is 12.0 Å². The first kappa shape index (κ1) is 15.4. The van der Waals surface area contributed by atoms with Gasteiger partial charge < -0.3 is 15.7 Å². The molecule has 1 aromatic carbocycles. The maximum Gasteiger partial charge on any atom is 0.326 e. The predicted molar refractivity (Wildman–Crippen MR) is 80.2 cm³/mol. The summed E-state index contributed by atoms with van der Waals surface area (Å²) in [6.45, 7) is 3.55. The molecule has 0 spiro atoms. The van der Waals surface area contributed by atoms with Gasteiger partial charge in [0.1, 0.15) is 6.04 Å². The Labute approximate surface area is 124 Å². The summed E-state index contributed by atoms with van der Waals surface area (Å²) in [4.78, 5) is 23.0. The number of carboxylic acids is 1. The van der Waals surface area contributed by atoms with Crippen LogP contribution in [0.3, 0.4) is 0 Å². The maximum atomic E-state index is 12.0. The van der Waals surface area contributed by atoms with Gasteiger partial charge in [0.2, 0.25) is 0 Å². The topological polar surface area (TPSA) is 78.4 Å². The van der Waals surface area contributed by atoms with Crippen LogP contribution in [0.4, 0.5) is 4.79 Å². The third-order valence-corrected chi connectivity index (χ3v) is 3.90. The number of fused-ring (bicyclic) bond motifs is 1. The van der Waals surface area contributed by atoms with Gasteiger partial charge in [-0.2, -0.15) is 0 Å². The number of rotatable bonds is 4. The molecule has 0 aliphatic heterocycles. The van der Waals surface area contributed by atoms with Crippen LogP contribution in [0.25, 0.3) is 0 Å². The van der Waals surface area contributed by atoms with Crippen molar-refractivity contribution in [2.75, 3.05) is 0 Å². The first-order chi connectivity index (χ1) is 9.97. The normalized spacial score (nSPS) is 18.7. The van der Waals surface area contributed by atoms with Crippen LogP contribution in [0.15, 0.2) is 24.3 Å². The van der Waals surface area contributed by atoms with Gasteiger partial charge in [-0.15, -0.1) is 0 Å². The van der Waals surface area contributed by atoms with Gasteiger partial charge in [-0.05, 0) is 36.3 Å². The number of hydrogen-bond donors (Lipinski definition) is 3. The predicted octanol–water partition coefficient (Wildman–Crippen LogP) is 1.95. The molecule has 2 rings (SSSR count). The lowest BCUT2D eigenvalue weighted by Gasteiger charge is -2.26. The lowest BCUT2D eigenvalue weighted by Crippen LogP contribution is -2.51. The fourth-order valence-corrected chi connectivity index (χ4v) is 2.70. The molecule has 3 N–H and O–H groups in total. The summed E-state index contributed by atoms with van der Waals surface area (Å²) in [5.74, 6) is -1.16. The highest BCUT2D eigenvalue weighted by atomic mass is 16.4. The van der Waals surface area contributed by atoms with E-state index in [0.717, 1.165) is 19.3 Å². The van der Waals surface area contributed by atoms with E-state index < -0.39 is 18.0 Å². The molecule has 1 aromatic rings. The van der Waals surface area contributed by atoms with E-state index in [2.05, 4.69) is 22.8 Å². The second kappa shape index (κ2) is 6.61. The number of benzene rings is 1. The van der Waals surface area contributed by atoms with Crippen molar-refractivity contribution in [1.29, 1.82) is 0 Å². The maximum absolute atomic E-state index is 12.0. The summed E-state index contributed by atoms with van der Waals surface area (Å²) in [5, 5.41) is 14.5. The van der Waals surface area contributed by atoms with Gasteiger partial charge in [0.15, 0.2) is 0 Å². The molecule has 0 aromatic heterocycles. The standard InChI is InChI=1S/C16H22N2O3/c1-10(2)14(15(19)20)18-16(21)17-13-8-7-11-5-3-4-6-12(11)9-13/h3-6,10,13-14H,7-9H2,1-2H3,(H,19,20)(H2,17,18,21)/t13?,14-/m0/s1. The molecule has 5 heteroatoms. The van der Waals surface area contributed by atoms with Gasteiger partial charge in [-0.1, -0.05) is 38.1 Å². The molecule has 1 aliphatic rings. The lowest BCUT2D eigenvalue weighted by atomic mass is 9.88. The third-order valence-electron chi connectivity index (χ3n) is 3.90. The summed E-state index contributed by atoms with van der Waals surface area (Å²) in [6.07, 6.45) is 2.61. The second-order valence-electron chi connectivity index (χ2n) is 5.89. The first-order valence-electron chi connectivity index (χ1n) is 7.34. The van der Waals surface area contributed by atoms with Crippen molar-refractivity contribution in [2.24, 2.45) is 5.92 Å². The van der Waals surface area contributed by atoms with Crippen LogP contribution in [0.2, 0.25) is 0 Å². The van der Waals surface area contributed by atoms with Crippen LogP contribution in [-0.4, -0.2) is 29.2 Å². The van der Waals surface area contributed by atoms with E-state index in [4.69, 9.17) is 5.11 Å². The number of carboxylic acid groups (broad SMARTS) is 1.